The van der Waals surface area contributed by atoms with E-state index < -0.39 is 0 Å². The first-order chi connectivity index (χ1) is 12.2. The van der Waals surface area contributed by atoms with E-state index in [1.807, 2.05) is 35.7 Å². The highest BCUT2D eigenvalue weighted by atomic mass is 16.2. The van der Waals surface area contributed by atoms with Gasteiger partial charge in [0.15, 0.2) is 5.65 Å². The Labute approximate surface area is 144 Å². The van der Waals surface area contributed by atoms with E-state index in [9.17, 15) is 9.59 Å². The Kier molecular flexibility index (Phi) is 5.17. The van der Waals surface area contributed by atoms with E-state index >= 15 is 0 Å². The predicted octanol–water partition coefficient (Wildman–Crippen LogP) is 1.06. The molecule has 3 heterocycles. The van der Waals surface area contributed by atoms with Crippen molar-refractivity contribution < 1.29 is 4.79 Å². The summed E-state index contributed by atoms with van der Waals surface area (Å²) in [6.45, 7) is 2.96. The van der Waals surface area contributed by atoms with Crippen molar-refractivity contribution in [1.82, 2.24) is 29.7 Å². The molecular weight excluding hydrogens is 320 g/mol. The van der Waals surface area contributed by atoms with Crippen molar-refractivity contribution in [2.45, 2.75) is 32.7 Å². The smallest absolute Gasteiger partial charge is 0.271 e. The lowest BCUT2D eigenvalue weighted by Crippen LogP contribution is -2.31. The van der Waals surface area contributed by atoms with Gasteiger partial charge in [-0.15, -0.1) is 10.2 Å². The molecule has 0 saturated carbocycles. The van der Waals surface area contributed by atoms with Crippen LogP contribution in [0.25, 0.3) is 5.65 Å². The number of pyridine rings is 1. The van der Waals surface area contributed by atoms with E-state index in [1.54, 1.807) is 0 Å². The molecule has 130 valence electrons. The molecule has 0 bridgehead atoms. The van der Waals surface area contributed by atoms with Crippen LogP contribution < -0.4 is 10.9 Å². The molecule has 0 aliphatic heterocycles. The summed E-state index contributed by atoms with van der Waals surface area (Å²) >= 11 is 0. The van der Waals surface area contributed by atoms with Crippen LogP contribution in [0.1, 0.15) is 36.1 Å². The lowest BCUT2D eigenvalue weighted by Gasteiger charge is -2.07. The van der Waals surface area contributed by atoms with Gasteiger partial charge in [0.05, 0.1) is 0 Å². The van der Waals surface area contributed by atoms with Crippen LogP contribution >= 0.6 is 0 Å². The van der Waals surface area contributed by atoms with Gasteiger partial charge in [0.25, 0.3) is 11.5 Å². The summed E-state index contributed by atoms with van der Waals surface area (Å²) < 4.78 is 3.22. The maximum absolute atomic E-state index is 12.2. The molecule has 0 unspecified atom stereocenters. The Hall–Kier alpha value is -3.03. The minimum absolute atomic E-state index is 0.195. The minimum Gasteiger partial charge on any atom is -0.350 e. The number of rotatable bonds is 7. The Bertz CT molecular complexity index is 930. The molecule has 0 atom stereocenters. The zero-order chi connectivity index (χ0) is 17.6. The van der Waals surface area contributed by atoms with E-state index in [1.165, 1.54) is 16.8 Å². The quantitative estimate of drug-likeness (QED) is 0.694. The molecule has 25 heavy (non-hydrogen) atoms. The largest absolute Gasteiger partial charge is 0.350 e. The zero-order valence-corrected chi connectivity index (χ0v) is 14.1. The molecule has 0 saturated heterocycles. The van der Waals surface area contributed by atoms with Crippen LogP contribution in [0.5, 0.6) is 0 Å². The number of unbranched alkanes of at least 4 members (excludes halogenated alkanes) is 1. The van der Waals surface area contributed by atoms with Crippen LogP contribution in [0.2, 0.25) is 0 Å². The van der Waals surface area contributed by atoms with E-state index in [2.05, 4.69) is 20.6 Å². The molecular formula is C17H20N6O2. The number of nitrogens with one attached hydrogen (secondary N) is 1. The maximum atomic E-state index is 12.2. The van der Waals surface area contributed by atoms with Gasteiger partial charge < -0.3 is 5.32 Å². The highest BCUT2D eigenvalue weighted by Crippen LogP contribution is 2.03. The molecule has 3 aromatic rings. The first-order valence-corrected chi connectivity index (χ1v) is 8.34. The molecule has 3 aromatic heterocycles. The second kappa shape index (κ2) is 7.69. The number of amides is 1. The highest BCUT2D eigenvalue weighted by molar-refractivity contribution is 5.91. The number of nitrogens with zero attached hydrogens (tertiary/aromatic N) is 5. The third-order valence-electron chi connectivity index (χ3n) is 3.84. The Balaban J connectivity index is 1.62. The molecule has 3 rings (SSSR count). The number of aryl methyl sites for hydroxylation is 1. The molecule has 1 N–H and O–H groups in total. The fourth-order valence-corrected chi connectivity index (χ4v) is 2.48. The summed E-state index contributed by atoms with van der Waals surface area (Å²) in [4.78, 5) is 24.0. The van der Waals surface area contributed by atoms with Gasteiger partial charge in [0, 0.05) is 31.8 Å². The topological polar surface area (TPSA) is 94.2 Å². The number of carbonyl (C=O) groups is 1. The third-order valence-corrected chi connectivity index (χ3v) is 3.84. The number of aromatic nitrogens is 5. The van der Waals surface area contributed by atoms with Crippen LogP contribution in [0.3, 0.4) is 0 Å². The molecule has 0 spiro atoms. The monoisotopic (exact) mass is 340 g/mol. The minimum atomic E-state index is -0.306. The molecule has 0 aliphatic rings. The molecule has 0 fully saturated rings. The molecule has 1 amide bonds. The lowest BCUT2D eigenvalue weighted by molar-refractivity contribution is 0.0946. The summed E-state index contributed by atoms with van der Waals surface area (Å²) in [5, 5.41) is 15.1. The van der Waals surface area contributed by atoms with Gasteiger partial charge in [-0.05, 0) is 24.6 Å². The van der Waals surface area contributed by atoms with Crippen LogP contribution in [0.4, 0.5) is 0 Å². The fraction of sp³-hybridized carbons (Fsp3) is 0.353. The Morgan fingerprint density at radius 1 is 1.20 bits per heavy atom. The number of hydrogen-bond acceptors (Lipinski definition) is 5. The van der Waals surface area contributed by atoms with Crippen molar-refractivity contribution in [3.8, 4) is 0 Å². The van der Waals surface area contributed by atoms with Gasteiger partial charge in [-0.1, -0.05) is 19.4 Å². The highest BCUT2D eigenvalue weighted by Gasteiger charge is 2.10. The Morgan fingerprint density at radius 3 is 2.92 bits per heavy atom. The standard InChI is InChI=1S/C17H20N6O2/c1-2-3-12-23-16(24)8-7-13(21-23)17(25)18-10-9-15-20-19-14-6-4-5-11-22(14)15/h4-8,11H,2-3,9-10,12H2,1H3,(H,18,25). The van der Waals surface area contributed by atoms with Gasteiger partial charge in [0.2, 0.25) is 0 Å². The summed E-state index contributed by atoms with van der Waals surface area (Å²) in [6.07, 6.45) is 4.23. The second-order valence-electron chi connectivity index (χ2n) is 5.68. The van der Waals surface area contributed by atoms with Crippen molar-refractivity contribution >= 4 is 11.6 Å². The van der Waals surface area contributed by atoms with E-state index in [-0.39, 0.29) is 17.2 Å². The van der Waals surface area contributed by atoms with Crippen molar-refractivity contribution in [2.24, 2.45) is 0 Å². The molecule has 8 heteroatoms. The van der Waals surface area contributed by atoms with Gasteiger partial charge in [-0.3, -0.25) is 14.0 Å². The average Bonchev–Trinajstić information content (AvgIpc) is 3.04. The van der Waals surface area contributed by atoms with Crippen LogP contribution in [0, 0.1) is 0 Å². The fourth-order valence-electron chi connectivity index (χ4n) is 2.48. The maximum Gasteiger partial charge on any atom is 0.271 e. The molecule has 8 nitrogen and oxygen atoms in total. The molecule has 0 radical (unpaired) electrons. The molecule has 0 aromatic carbocycles. The summed E-state index contributed by atoms with van der Waals surface area (Å²) in [5.74, 6) is 0.468. The van der Waals surface area contributed by atoms with Gasteiger partial charge in [0.1, 0.15) is 11.5 Å². The number of hydrogen-bond donors (Lipinski definition) is 1. The number of fused-ring (bicyclic) bond motifs is 1. The summed E-state index contributed by atoms with van der Waals surface area (Å²) in [6, 6.07) is 8.51. The predicted molar refractivity (Wildman–Crippen MR) is 92.4 cm³/mol. The van der Waals surface area contributed by atoms with Crippen LogP contribution in [-0.4, -0.2) is 36.8 Å². The SMILES string of the molecule is CCCCn1nc(C(=O)NCCc2nnc3ccccn23)ccc1=O. The molecule has 0 aliphatic carbocycles. The first kappa shape index (κ1) is 16.8. The Morgan fingerprint density at radius 2 is 2.08 bits per heavy atom. The van der Waals surface area contributed by atoms with Crippen molar-refractivity contribution in [3.05, 3.63) is 58.4 Å². The van der Waals surface area contributed by atoms with E-state index in [4.69, 9.17) is 0 Å². The third kappa shape index (κ3) is 3.90. The zero-order valence-electron chi connectivity index (χ0n) is 14.1. The van der Waals surface area contributed by atoms with Crippen molar-refractivity contribution in [3.63, 3.8) is 0 Å². The average molecular weight is 340 g/mol. The van der Waals surface area contributed by atoms with E-state index in [0.717, 1.165) is 24.3 Å². The van der Waals surface area contributed by atoms with Crippen molar-refractivity contribution in [1.29, 1.82) is 0 Å². The second-order valence-corrected chi connectivity index (χ2v) is 5.68. The normalized spacial score (nSPS) is 10.9. The van der Waals surface area contributed by atoms with Gasteiger partial charge >= 0.3 is 0 Å². The van der Waals surface area contributed by atoms with E-state index in [0.29, 0.717) is 19.5 Å². The van der Waals surface area contributed by atoms with Crippen LogP contribution in [0.15, 0.2) is 41.3 Å². The first-order valence-electron chi connectivity index (χ1n) is 8.34. The number of carbonyl (C=O) groups excluding carboxylic acids is 1. The van der Waals surface area contributed by atoms with Gasteiger partial charge in [-0.25, -0.2) is 4.68 Å². The summed E-state index contributed by atoms with van der Waals surface area (Å²) in [5.41, 5.74) is 0.815. The van der Waals surface area contributed by atoms with Crippen LogP contribution in [-0.2, 0) is 13.0 Å². The summed E-state index contributed by atoms with van der Waals surface area (Å²) in [7, 11) is 0. The van der Waals surface area contributed by atoms with Gasteiger partial charge in [-0.2, -0.15) is 5.10 Å². The lowest BCUT2D eigenvalue weighted by atomic mass is 10.3. The van der Waals surface area contributed by atoms with Crippen molar-refractivity contribution in [2.75, 3.05) is 6.54 Å².